The molecule has 146 valence electrons. The molecule has 0 bridgehead atoms. The second kappa shape index (κ2) is 8.99. The number of rotatable bonds is 7. The molecule has 0 aliphatic carbocycles. The van der Waals surface area contributed by atoms with Crippen LogP contribution in [0.1, 0.15) is 0 Å². The van der Waals surface area contributed by atoms with Gasteiger partial charge in [0.05, 0.1) is 0 Å². The van der Waals surface area contributed by atoms with Crippen molar-refractivity contribution in [3.63, 3.8) is 0 Å². The normalized spacial score (nSPS) is 11.4. The van der Waals surface area contributed by atoms with Gasteiger partial charge in [0.25, 0.3) is 0 Å². The summed E-state index contributed by atoms with van der Waals surface area (Å²) in [5.74, 6) is -0.326. The van der Waals surface area contributed by atoms with E-state index in [1.165, 1.54) is 12.1 Å². The molecule has 0 radical (unpaired) electrons. The second-order valence-corrected chi connectivity index (χ2v) is 6.11. The molecule has 0 amide bonds. The first kappa shape index (κ1) is 20.0. The minimum atomic E-state index is -1.19. The van der Waals surface area contributed by atoms with Crippen molar-refractivity contribution >= 4 is 5.97 Å². The highest BCUT2D eigenvalue weighted by Gasteiger charge is 2.09. The molecule has 0 aliphatic rings. The van der Waals surface area contributed by atoms with Crippen molar-refractivity contribution in [2.24, 2.45) is 0 Å². The number of hydrogen-bond donors (Lipinski definition) is 1. The number of halogens is 1. The van der Waals surface area contributed by atoms with Gasteiger partial charge >= 0.3 is 5.97 Å². The summed E-state index contributed by atoms with van der Waals surface area (Å²) in [5, 5.41) is 9.41. The first-order valence-corrected chi connectivity index (χ1v) is 8.82. The van der Waals surface area contributed by atoms with E-state index in [-0.39, 0.29) is 5.75 Å². The van der Waals surface area contributed by atoms with Crippen LogP contribution in [0.25, 0.3) is 22.3 Å². The predicted octanol–water partition coefficient (Wildman–Crippen LogP) is 5.13. The van der Waals surface area contributed by atoms with Gasteiger partial charge in [0.1, 0.15) is 17.3 Å². The van der Waals surface area contributed by atoms with E-state index in [9.17, 15) is 14.3 Å². The van der Waals surface area contributed by atoms with Gasteiger partial charge in [-0.2, -0.15) is 0 Å². The Bertz CT molecular complexity index is 1020. The van der Waals surface area contributed by atoms with Gasteiger partial charge in [0, 0.05) is 17.7 Å². The minimum absolute atomic E-state index is 0.215. The number of hydrogen-bond acceptors (Lipinski definition) is 4. The van der Waals surface area contributed by atoms with E-state index in [1.807, 2.05) is 36.4 Å². The van der Waals surface area contributed by atoms with Crippen LogP contribution in [0.3, 0.4) is 0 Å². The molecule has 0 spiro atoms. The Balaban J connectivity index is 1.77. The van der Waals surface area contributed by atoms with E-state index in [4.69, 9.17) is 9.47 Å². The lowest BCUT2D eigenvalue weighted by Gasteiger charge is -2.11. The number of esters is 1. The van der Waals surface area contributed by atoms with E-state index >= 15 is 0 Å². The molecule has 1 unspecified atom stereocenters. The van der Waals surface area contributed by atoms with Gasteiger partial charge in [-0.3, -0.25) is 0 Å². The predicted molar refractivity (Wildman–Crippen MR) is 110 cm³/mol. The average Bonchev–Trinajstić information content (AvgIpc) is 2.74. The average molecular weight is 390 g/mol. The third-order valence-electron chi connectivity index (χ3n) is 4.17. The van der Waals surface area contributed by atoms with Gasteiger partial charge in [-0.15, -0.1) is 0 Å². The molecule has 0 aliphatic heterocycles. The molecular weight excluding hydrogens is 371 g/mol. The van der Waals surface area contributed by atoms with E-state index < -0.39 is 18.1 Å². The quantitative estimate of drug-likeness (QED) is 0.200. The van der Waals surface area contributed by atoms with Crippen LogP contribution >= 0.6 is 0 Å². The van der Waals surface area contributed by atoms with Gasteiger partial charge < -0.3 is 14.6 Å². The maximum Gasteiger partial charge on any atom is 0.335 e. The minimum Gasteiger partial charge on any atom is -0.461 e. The summed E-state index contributed by atoms with van der Waals surface area (Å²) in [4.78, 5) is 11.2. The fourth-order valence-corrected chi connectivity index (χ4v) is 2.71. The molecule has 0 fully saturated rings. The van der Waals surface area contributed by atoms with Crippen molar-refractivity contribution < 1.29 is 23.8 Å². The highest BCUT2D eigenvalue weighted by Crippen LogP contribution is 2.29. The fourth-order valence-electron chi connectivity index (χ4n) is 2.71. The number of ether oxygens (including phenoxy) is 2. The zero-order valence-electron chi connectivity index (χ0n) is 15.5. The lowest BCUT2D eigenvalue weighted by atomic mass is 10.00. The van der Waals surface area contributed by atoms with Crippen molar-refractivity contribution in [2.45, 2.75) is 6.29 Å². The lowest BCUT2D eigenvalue weighted by molar-refractivity contribution is -0.128. The van der Waals surface area contributed by atoms with Crippen LogP contribution in [0.15, 0.2) is 92.0 Å². The van der Waals surface area contributed by atoms with E-state index in [0.717, 1.165) is 17.2 Å². The van der Waals surface area contributed by atoms with Gasteiger partial charge in [0.15, 0.2) is 0 Å². The van der Waals surface area contributed by atoms with E-state index in [1.54, 1.807) is 24.3 Å². The number of benzene rings is 3. The lowest BCUT2D eigenvalue weighted by Crippen LogP contribution is -2.11. The molecular formula is C24H19FO4. The molecule has 4 nitrogen and oxygen atoms in total. The van der Waals surface area contributed by atoms with E-state index in [0.29, 0.717) is 16.9 Å². The fraction of sp³-hybridized carbons (Fsp3) is 0.0417. The molecule has 1 N–H and O–H groups in total. The highest BCUT2D eigenvalue weighted by molar-refractivity contribution is 5.83. The van der Waals surface area contributed by atoms with Crippen LogP contribution < -0.4 is 9.47 Å². The van der Waals surface area contributed by atoms with Gasteiger partial charge in [-0.1, -0.05) is 49.6 Å². The largest absolute Gasteiger partial charge is 0.461 e. The van der Waals surface area contributed by atoms with Crippen LogP contribution in [0.2, 0.25) is 0 Å². The topological polar surface area (TPSA) is 55.8 Å². The molecule has 5 heteroatoms. The van der Waals surface area contributed by atoms with Gasteiger partial charge in [-0.05, 0) is 47.0 Å². The summed E-state index contributed by atoms with van der Waals surface area (Å²) in [6, 6.07) is 18.9. The number of carbonyl (C=O) groups is 1. The summed E-state index contributed by atoms with van der Waals surface area (Å²) in [6.45, 7) is 6.76. The second-order valence-electron chi connectivity index (χ2n) is 6.11. The van der Waals surface area contributed by atoms with Crippen LogP contribution in [0.5, 0.6) is 11.5 Å². The first-order valence-electron chi connectivity index (χ1n) is 8.82. The summed E-state index contributed by atoms with van der Waals surface area (Å²) in [7, 11) is 0. The SMILES string of the molecule is C=CC(=O)Oc1ccc(-c2ccc(-c3ccc(OC(O)C=C)cc3F)cc2)cc1. The summed E-state index contributed by atoms with van der Waals surface area (Å²) in [6.07, 6.45) is 1.12. The number of aliphatic hydroxyl groups is 1. The molecule has 29 heavy (non-hydrogen) atoms. The van der Waals surface area contributed by atoms with Crippen molar-refractivity contribution in [3.8, 4) is 33.8 Å². The Morgan fingerprint density at radius 2 is 1.45 bits per heavy atom. The van der Waals surface area contributed by atoms with Crippen molar-refractivity contribution in [3.05, 3.63) is 97.9 Å². The first-order chi connectivity index (χ1) is 14.0. The van der Waals surface area contributed by atoms with Crippen molar-refractivity contribution in [2.75, 3.05) is 0 Å². The number of carbonyl (C=O) groups excluding carboxylic acids is 1. The van der Waals surface area contributed by atoms with Crippen LogP contribution in [-0.4, -0.2) is 17.4 Å². The summed E-state index contributed by atoms with van der Waals surface area (Å²) >= 11 is 0. The van der Waals surface area contributed by atoms with Crippen LogP contribution in [0, 0.1) is 5.82 Å². The molecule has 3 rings (SSSR count). The molecule has 1 atom stereocenters. The smallest absolute Gasteiger partial charge is 0.335 e. The van der Waals surface area contributed by atoms with Crippen molar-refractivity contribution in [1.29, 1.82) is 0 Å². The van der Waals surface area contributed by atoms with Crippen LogP contribution in [0.4, 0.5) is 4.39 Å². The zero-order valence-corrected chi connectivity index (χ0v) is 15.5. The Morgan fingerprint density at radius 1 is 0.897 bits per heavy atom. The maximum atomic E-state index is 14.5. The van der Waals surface area contributed by atoms with Gasteiger partial charge in [0.2, 0.25) is 6.29 Å². The van der Waals surface area contributed by atoms with Gasteiger partial charge in [-0.25, -0.2) is 9.18 Å². The third kappa shape index (κ3) is 4.97. The summed E-state index contributed by atoms with van der Waals surface area (Å²) in [5.41, 5.74) is 2.99. The Labute approximate surface area is 168 Å². The maximum absolute atomic E-state index is 14.5. The van der Waals surface area contributed by atoms with Crippen molar-refractivity contribution in [1.82, 2.24) is 0 Å². The highest BCUT2D eigenvalue weighted by atomic mass is 19.1. The molecule has 0 saturated carbocycles. The third-order valence-corrected chi connectivity index (χ3v) is 4.17. The molecule has 0 saturated heterocycles. The molecule has 0 aromatic heterocycles. The zero-order chi connectivity index (χ0) is 20.8. The molecule has 3 aromatic carbocycles. The molecule has 0 heterocycles. The Morgan fingerprint density at radius 3 is 2.00 bits per heavy atom. The Kier molecular flexibility index (Phi) is 6.22. The van der Waals surface area contributed by atoms with E-state index in [2.05, 4.69) is 13.2 Å². The Hall–Kier alpha value is -3.70. The van der Waals surface area contributed by atoms with Crippen LogP contribution in [-0.2, 0) is 4.79 Å². The molecule has 3 aromatic rings. The number of aliphatic hydroxyl groups excluding tert-OH is 1. The summed E-state index contributed by atoms with van der Waals surface area (Å²) < 4.78 is 24.6. The standard InChI is InChI=1S/C24H19FO4/c1-3-23(26)28-19-11-9-17(10-12-19)16-5-7-18(8-6-16)21-14-13-20(15-22(21)25)29-24(27)4-2/h3-15,24,27H,1-2H2. The monoisotopic (exact) mass is 390 g/mol.